The highest BCUT2D eigenvalue weighted by atomic mass is 16.2. The van der Waals surface area contributed by atoms with Crippen LogP contribution in [-0.4, -0.2) is 36.9 Å². The van der Waals surface area contributed by atoms with Gasteiger partial charge in [0.2, 0.25) is 5.91 Å². The lowest BCUT2D eigenvalue weighted by atomic mass is 10.0. The second-order valence-corrected chi connectivity index (χ2v) is 5.70. The van der Waals surface area contributed by atoms with Gasteiger partial charge in [0.1, 0.15) is 6.04 Å². The fraction of sp³-hybridized carbons (Fsp3) is 0.500. The molecule has 4 nitrogen and oxygen atoms in total. The Morgan fingerprint density at radius 1 is 1.20 bits per heavy atom. The average molecular weight is 276 g/mol. The van der Waals surface area contributed by atoms with Crippen LogP contribution in [0.3, 0.4) is 0 Å². The normalized spacial score (nSPS) is 12.1. The predicted molar refractivity (Wildman–Crippen MR) is 80.6 cm³/mol. The van der Waals surface area contributed by atoms with Gasteiger partial charge in [0.25, 0.3) is 5.91 Å². The lowest BCUT2D eigenvalue weighted by Gasteiger charge is -2.23. The van der Waals surface area contributed by atoms with Crippen molar-refractivity contribution in [1.82, 2.24) is 10.2 Å². The van der Waals surface area contributed by atoms with Gasteiger partial charge in [-0.1, -0.05) is 32.0 Å². The third kappa shape index (κ3) is 4.37. The Hall–Kier alpha value is -1.84. The van der Waals surface area contributed by atoms with Crippen LogP contribution < -0.4 is 5.32 Å². The van der Waals surface area contributed by atoms with Crippen LogP contribution in [0.25, 0.3) is 0 Å². The van der Waals surface area contributed by atoms with Gasteiger partial charge in [0, 0.05) is 19.7 Å². The van der Waals surface area contributed by atoms with E-state index in [2.05, 4.69) is 5.32 Å². The van der Waals surface area contributed by atoms with Crippen LogP contribution in [0.1, 0.15) is 36.2 Å². The van der Waals surface area contributed by atoms with Crippen LogP contribution in [0.2, 0.25) is 0 Å². The van der Waals surface area contributed by atoms with E-state index in [4.69, 9.17) is 0 Å². The van der Waals surface area contributed by atoms with E-state index in [0.717, 1.165) is 5.56 Å². The number of nitrogens with one attached hydrogen (secondary N) is 1. The van der Waals surface area contributed by atoms with Gasteiger partial charge in [-0.25, -0.2) is 0 Å². The summed E-state index contributed by atoms with van der Waals surface area (Å²) in [6.45, 7) is 5.96. The minimum absolute atomic E-state index is 0.0689. The molecule has 1 aromatic rings. The monoisotopic (exact) mass is 276 g/mol. The summed E-state index contributed by atoms with van der Waals surface area (Å²) in [5.74, 6) is 0.0747. The Bertz CT molecular complexity index is 481. The summed E-state index contributed by atoms with van der Waals surface area (Å²) in [7, 11) is 3.41. The molecule has 1 aromatic carbocycles. The Labute approximate surface area is 121 Å². The van der Waals surface area contributed by atoms with Crippen molar-refractivity contribution in [3.05, 3.63) is 35.4 Å². The summed E-state index contributed by atoms with van der Waals surface area (Å²) in [4.78, 5) is 26.0. The van der Waals surface area contributed by atoms with Crippen molar-refractivity contribution in [3.63, 3.8) is 0 Å². The molecule has 0 aliphatic rings. The molecule has 0 aliphatic heterocycles. The number of amides is 2. The molecular formula is C16H24N2O2. The Balaban J connectivity index is 2.87. The van der Waals surface area contributed by atoms with Crippen LogP contribution in [0.4, 0.5) is 0 Å². The molecular weight excluding hydrogens is 252 g/mol. The molecule has 1 unspecified atom stereocenters. The molecule has 2 amide bonds. The van der Waals surface area contributed by atoms with Crippen LogP contribution in [-0.2, 0) is 4.79 Å². The quantitative estimate of drug-likeness (QED) is 0.896. The molecule has 0 spiro atoms. The van der Waals surface area contributed by atoms with E-state index in [1.54, 1.807) is 20.2 Å². The first-order chi connectivity index (χ1) is 9.32. The van der Waals surface area contributed by atoms with Crippen LogP contribution in [0.15, 0.2) is 24.3 Å². The summed E-state index contributed by atoms with van der Waals surface area (Å²) >= 11 is 0. The van der Waals surface area contributed by atoms with Gasteiger partial charge in [-0.05, 0) is 30.9 Å². The molecule has 4 heteroatoms. The van der Waals surface area contributed by atoms with Gasteiger partial charge in [-0.15, -0.1) is 0 Å². The molecule has 0 bridgehead atoms. The number of likely N-dealkylation sites (N-methyl/N-ethyl adjacent to an activating group) is 1. The zero-order valence-electron chi connectivity index (χ0n) is 12.9. The zero-order chi connectivity index (χ0) is 15.3. The van der Waals surface area contributed by atoms with E-state index in [-0.39, 0.29) is 11.8 Å². The van der Waals surface area contributed by atoms with E-state index in [9.17, 15) is 9.59 Å². The molecule has 20 heavy (non-hydrogen) atoms. The molecule has 1 atom stereocenters. The van der Waals surface area contributed by atoms with Gasteiger partial charge < -0.3 is 10.2 Å². The number of nitrogens with zero attached hydrogens (tertiary/aromatic N) is 1. The fourth-order valence-electron chi connectivity index (χ4n) is 2.07. The molecule has 0 saturated carbocycles. The molecule has 1 N–H and O–H groups in total. The van der Waals surface area contributed by atoms with Crippen molar-refractivity contribution in [2.75, 3.05) is 14.1 Å². The maximum Gasteiger partial charge on any atom is 0.252 e. The van der Waals surface area contributed by atoms with E-state index in [1.165, 1.54) is 4.90 Å². The standard InChI is InChI=1S/C16H24N2O2/c1-11(2)10-14(16(20)18(4)5)17-15(19)13-9-7-6-8-12(13)3/h6-9,11,14H,10H2,1-5H3,(H,17,19). The predicted octanol–water partition coefficient (Wildman–Crippen LogP) is 2.23. The number of carbonyl (C=O) groups is 2. The van der Waals surface area contributed by atoms with E-state index in [1.807, 2.05) is 39.0 Å². The third-order valence-corrected chi connectivity index (χ3v) is 3.14. The maximum atomic E-state index is 12.3. The van der Waals surface area contributed by atoms with Crippen molar-refractivity contribution in [2.45, 2.75) is 33.2 Å². The minimum atomic E-state index is -0.475. The number of hydrogen-bond acceptors (Lipinski definition) is 2. The zero-order valence-corrected chi connectivity index (χ0v) is 12.9. The first-order valence-corrected chi connectivity index (χ1v) is 6.90. The minimum Gasteiger partial charge on any atom is -0.347 e. The van der Waals surface area contributed by atoms with Crippen molar-refractivity contribution in [3.8, 4) is 0 Å². The highest BCUT2D eigenvalue weighted by molar-refractivity contribution is 5.98. The summed E-state index contributed by atoms with van der Waals surface area (Å²) in [6.07, 6.45) is 0.634. The number of carbonyl (C=O) groups excluding carboxylic acids is 2. The largest absolute Gasteiger partial charge is 0.347 e. The van der Waals surface area contributed by atoms with E-state index >= 15 is 0 Å². The molecule has 0 fully saturated rings. The second-order valence-electron chi connectivity index (χ2n) is 5.70. The van der Waals surface area contributed by atoms with Crippen molar-refractivity contribution in [2.24, 2.45) is 5.92 Å². The molecule has 0 radical (unpaired) electrons. The molecule has 0 heterocycles. The average Bonchev–Trinajstić information content (AvgIpc) is 2.36. The number of aryl methyl sites for hydroxylation is 1. The maximum absolute atomic E-state index is 12.3. The number of benzene rings is 1. The van der Waals surface area contributed by atoms with E-state index < -0.39 is 6.04 Å². The third-order valence-electron chi connectivity index (χ3n) is 3.14. The molecule has 0 aliphatic carbocycles. The first kappa shape index (κ1) is 16.2. The number of hydrogen-bond donors (Lipinski definition) is 1. The van der Waals surface area contributed by atoms with E-state index in [0.29, 0.717) is 17.9 Å². The van der Waals surface area contributed by atoms with Crippen molar-refractivity contribution < 1.29 is 9.59 Å². The summed E-state index contributed by atoms with van der Waals surface area (Å²) in [5.41, 5.74) is 1.53. The summed E-state index contributed by atoms with van der Waals surface area (Å²) in [6, 6.07) is 6.91. The Kier molecular flexibility index (Phi) is 5.74. The van der Waals surface area contributed by atoms with Crippen LogP contribution >= 0.6 is 0 Å². The fourth-order valence-corrected chi connectivity index (χ4v) is 2.07. The Morgan fingerprint density at radius 3 is 2.30 bits per heavy atom. The van der Waals surface area contributed by atoms with Crippen molar-refractivity contribution >= 4 is 11.8 Å². The summed E-state index contributed by atoms with van der Waals surface area (Å²) < 4.78 is 0. The number of rotatable bonds is 5. The topological polar surface area (TPSA) is 49.4 Å². The summed E-state index contributed by atoms with van der Waals surface area (Å²) in [5, 5.41) is 2.86. The SMILES string of the molecule is Cc1ccccc1C(=O)NC(CC(C)C)C(=O)N(C)C. The van der Waals surface area contributed by atoms with Crippen LogP contribution in [0, 0.1) is 12.8 Å². The lowest BCUT2D eigenvalue weighted by Crippen LogP contribution is -2.47. The van der Waals surface area contributed by atoms with Gasteiger partial charge in [0.15, 0.2) is 0 Å². The van der Waals surface area contributed by atoms with Gasteiger partial charge in [0.05, 0.1) is 0 Å². The molecule has 0 aromatic heterocycles. The lowest BCUT2D eigenvalue weighted by molar-refractivity contribution is -0.131. The molecule has 0 saturated heterocycles. The van der Waals surface area contributed by atoms with Gasteiger partial charge in [-0.3, -0.25) is 9.59 Å². The van der Waals surface area contributed by atoms with Crippen LogP contribution in [0.5, 0.6) is 0 Å². The first-order valence-electron chi connectivity index (χ1n) is 6.90. The van der Waals surface area contributed by atoms with Gasteiger partial charge >= 0.3 is 0 Å². The Morgan fingerprint density at radius 2 is 1.80 bits per heavy atom. The molecule has 1 rings (SSSR count). The second kappa shape index (κ2) is 7.08. The highest BCUT2D eigenvalue weighted by Crippen LogP contribution is 2.11. The van der Waals surface area contributed by atoms with Crippen molar-refractivity contribution in [1.29, 1.82) is 0 Å². The van der Waals surface area contributed by atoms with Gasteiger partial charge in [-0.2, -0.15) is 0 Å². The molecule has 110 valence electrons. The highest BCUT2D eigenvalue weighted by Gasteiger charge is 2.24. The smallest absolute Gasteiger partial charge is 0.252 e.